The van der Waals surface area contributed by atoms with Crippen LogP contribution in [0, 0.1) is 5.92 Å². The summed E-state index contributed by atoms with van der Waals surface area (Å²) >= 11 is 0. The molecule has 0 bridgehead atoms. The van der Waals surface area contributed by atoms with E-state index in [4.69, 9.17) is 9.47 Å². The van der Waals surface area contributed by atoms with Gasteiger partial charge in [0.15, 0.2) is 0 Å². The van der Waals surface area contributed by atoms with Crippen LogP contribution >= 0.6 is 0 Å². The van der Waals surface area contributed by atoms with Crippen molar-refractivity contribution in [2.75, 3.05) is 13.2 Å². The fourth-order valence-corrected chi connectivity index (χ4v) is 1.82. The first-order valence-corrected chi connectivity index (χ1v) is 5.61. The van der Waals surface area contributed by atoms with Gasteiger partial charge >= 0.3 is 5.97 Å². The maximum atomic E-state index is 11.8. The van der Waals surface area contributed by atoms with Crippen molar-refractivity contribution in [3.63, 3.8) is 0 Å². The average molecular weight is 220 g/mol. The van der Waals surface area contributed by atoms with Gasteiger partial charge in [-0.2, -0.15) is 0 Å². The zero-order chi connectivity index (χ0) is 11.4. The van der Waals surface area contributed by atoms with Crippen molar-refractivity contribution < 1.29 is 14.3 Å². The van der Waals surface area contributed by atoms with E-state index in [2.05, 4.69) is 0 Å². The van der Waals surface area contributed by atoms with Crippen molar-refractivity contribution in [1.29, 1.82) is 0 Å². The molecule has 0 amide bonds. The van der Waals surface area contributed by atoms with Gasteiger partial charge in [0.25, 0.3) is 0 Å². The van der Waals surface area contributed by atoms with Gasteiger partial charge in [-0.1, -0.05) is 25.1 Å². The van der Waals surface area contributed by atoms with Gasteiger partial charge in [0.2, 0.25) is 0 Å². The van der Waals surface area contributed by atoms with Gasteiger partial charge in [-0.25, -0.2) is 4.79 Å². The summed E-state index contributed by atoms with van der Waals surface area (Å²) in [7, 11) is 0. The SMILES string of the molecule is C[C@@H]1COCC[C@H]1OC(=O)c1ccccc1. The smallest absolute Gasteiger partial charge is 0.338 e. The van der Waals surface area contributed by atoms with Gasteiger partial charge in [-0.3, -0.25) is 0 Å². The molecule has 3 heteroatoms. The minimum atomic E-state index is -0.237. The highest BCUT2D eigenvalue weighted by Crippen LogP contribution is 2.18. The Kier molecular flexibility index (Phi) is 3.57. The van der Waals surface area contributed by atoms with Crippen LogP contribution in [-0.4, -0.2) is 25.3 Å². The molecule has 1 aromatic carbocycles. The molecule has 1 aromatic rings. The summed E-state index contributed by atoms with van der Waals surface area (Å²) in [6.07, 6.45) is 0.779. The monoisotopic (exact) mass is 220 g/mol. The lowest BCUT2D eigenvalue weighted by atomic mass is 10.0. The fraction of sp³-hybridized carbons (Fsp3) is 0.462. The van der Waals surface area contributed by atoms with Crippen molar-refractivity contribution >= 4 is 5.97 Å². The van der Waals surface area contributed by atoms with Crippen LogP contribution in [0.3, 0.4) is 0 Å². The van der Waals surface area contributed by atoms with E-state index < -0.39 is 0 Å². The summed E-state index contributed by atoms with van der Waals surface area (Å²) in [5, 5.41) is 0. The molecule has 1 saturated heterocycles. The molecule has 0 aliphatic carbocycles. The predicted molar refractivity (Wildman–Crippen MR) is 60.2 cm³/mol. The molecule has 1 aliphatic rings. The van der Waals surface area contributed by atoms with Crippen molar-refractivity contribution in [2.24, 2.45) is 5.92 Å². The van der Waals surface area contributed by atoms with E-state index >= 15 is 0 Å². The highest BCUT2D eigenvalue weighted by Gasteiger charge is 2.25. The van der Waals surface area contributed by atoms with E-state index in [1.54, 1.807) is 12.1 Å². The second-order valence-electron chi connectivity index (χ2n) is 4.15. The standard InChI is InChI=1S/C13H16O3/c1-10-9-15-8-7-12(10)16-13(14)11-5-3-2-4-6-11/h2-6,10,12H,7-9H2,1H3/t10-,12-/m1/s1. The van der Waals surface area contributed by atoms with Crippen molar-refractivity contribution in [2.45, 2.75) is 19.4 Å². The first-order chi connectivity index (χ1) is 7.77. The molecule has 1 fully saturated rings. The maximum absolute atomic E-state index is 11.8. The topological polar surface area (TPSA) is 35.5 Å². The van der Waals surface area contributed by atoms with E-state index in [0.29, 0.717) is 18.8 Å². The molecule has 0 saturated carbocycles. The number of carbonyl (C=O) groups excluding carboxylic acids is 1. The maximum Gasteiger partial charge on any atom is 0.338 e. The second-order valence-corrected chi connectivity index (χ2v) is 4.15. The van der Waals surface area contributed by atoms with Gasteiger partial charge in [-0.05, 0) is 12.1 Å². The molecule has 0 aromatic heterocycles. The summed E-state index contributed by atoms with van der Waals surface area (Å²) < 4.78 is 10.8. The molecule has 0 spiro atoms. The summed E-state index contributed by atoms with van der Waals surface area (Å²) in [4.78, 5) is 11.8. The highest BCUT2D eigenvalue weighted by atomic mass is 16.6. The van der Waals surface area contributed by atoms with Gasteiger partial charge in [0.1, 0.15) is 6.10 Å². The molecule has 0 unspecified atom stereocenters. The van der Waals surface area contributed by atoms with Gasteiger partial charge in [0, 0.05) is 12.3 Å². The third kappa shape index (κ3) is 2.61. The quantitative estimate of drug-likeness (QED) is 0.717. The Bertz CT molecular complexity index is 347. The van der Waals surface area contributed by atoms with Crippen LogP contribution in [0.4, 0.5) is 0 Å². The summed E-state index contributed by atoms with van der Waals surface area (Å²) in [5.41, 5.74) is 0.612. The molecule has 86 valence electrons. The molecule has 16 heavy (non-hydrogen) atoms. The fourth-order valence-electron chi connectivity index (χ4n) is 1.82. The minimum Gasteiger partial charge on any atom is -0.458 e. The molecule has 1 aliphatic heterocycles. The number of esters is 1. The van der Waals surface area contributed by atoms with Crippen molar-refractivity contribution in [1.82, 2.24) is 0 Å². The Balaban J connectivity index is 1.96. The van der Waals surface area contributed by atoms with E-state index in [1.807, 2.05) is 25.1 Å². The van der Waals surface area contributed by atoms with Crippen LogP contribution in [0.1, 0.15) is 23.7 Å². The number of rotatable bonds is 2. The zero-order valence-corrected chi connectivity index (χ0v) is 9.39. The Morgan fingerprint density at radius 2 is 2.12 bits per heavy atom. The molecular formula is C13H16O3. The van der Waals surface area contributed by atoms with Crippen LogP contribution in [0.5, 0.6) is 0 Å². The van der Waals surface area contributed by atoms with E-state index in [0.717, 1.165) is 6.42 Å². The lowest BCUT2D eigenvalue weighted by Gasteiger charge is -2.28. The minimum absolute atomic E-state index is 0.0125. The van der Waals surface area contributed by atoms with Gasteiger partial charge < -0.3 is 9.47 Å². The Labute approximate surface area is 95.4 Å². The summed E-state index contributed by atoms with van der Waals surface area (Å²) in [6, 6.07) is 9.10. The molecule has 1 heterocycles. The van der Waals surface area contributed by atoms with Crippen molar-refractivity contribution in [3.05, 3.63) is 35.9 Å². The van der Waals surface area contributed by atoms with E-state index in [-0.39, 0.29) is 18.0 Å². The van der Waals surface area contributed by atoms with Gasteiger partial charge in [-0.15, -0.1) is 0 Å². The summed E-state index contributed by atoms with van der Waals surface area (Å²) in [5.74, 6) is 0.0424. The Hall–Kier alpha value is -1.35. The van der Waals surface area contributed by atoms with Crippen LogP contribution in [-0.2, 0) is 9.47 Å². The lowest BCUT2D eigenvalue weighted by molar-refractivity contribution is -0.0467. The van der Waals surface area contributed by atoms with E-state index in [9.17, 15) is 4.79 Å². The number of hydrogen-bond donors (Lipinski definition) is 0. The first-order valence-electron chi connectivity index (χ1n) is 5.61. The normalized spacial score (nSPS) is 25.1. The van der Waals surface area contributed by atoms with Gasteiger partial charge in [0.05, 0.1) is 18.8 Å². The number of carbonyl (C=O) groups is 1. The largest absolute Gasteiger partial charge is 0.458 e. The third-order valence-corrected chi connectivity index (χ3v) is 2.83. The van der Waals surface area contributed by atoms with Crippen LogP contribution in [0.15, 0.2) is 30.3 Å². The van der Waals surface area contributed by atoms with Crippen LogP contribution in [0.25, 0.3) is 0 Å². The second kappa shape index (κ2) is 5.12. The Morgan fingerprint density at radius 3 is 2.81 bits per heavy atom. The molecule has 2 atom stereocenters. The lowest BCUT2D eigenvalue weighted by Crippen LogP contribution is -2.33. The van der Waals surface area contributed by atoms with E-state index in [1.165, 1.54) is 0 Å². The number of hydrogen-bond acceptors (Lipinski definition) is 3. The van der Waals surface area contributed by atoms with Crippen LogP contribution < -0.4 is 0 Å². The summed E-state index contributed by atoms with van der Waals surface area (Å²) in [6.45, 7) is 3.39. The molecule has 3 nitrogen and oxygen atoms in total. The predicted octanol–water partition coefficient (Wildman–Crippen LogP) is 2.27. The molecule has 0 N–H and O–H groups in total. The molecule has 0 radical (unpaired) electrons. The Morgan fingerprint density at radius 1 is 1.38 bits per heavy atom. The van der Waals surface area contributed by atoms with Crippen molar-refractivity contribution in [3.8, 4) is 0 Å². The highest BCUT2D eigenvalue weighted by molar-refractivity contribution is 5.89. The third-order valence-electron chi connectivity index (χ3n) is 2.83. The number of benzene rings is 1. The number of ether oxygens (including phenoxy) is 2. The molecule has 2 rings (SSSR count). The van der Waals surface area contributed by atoms with Crippen LogP contribution in [0.2, 0.25) is 0 Å². The molecular weight excluding hydrogens is 204 g/mol. The average Bonchev–Trinajstić information content (AvgIpc) is 2.33. The first kappa shape index (κ1) is 11.1. The zero-order valence-electron chi connectivity index (χ0n) is 9.39.